The lowest BCUT2D eigenvalue weighted by atomic mass is 10.0. The molecule has 0 aromatic heterocycles. The number of aryl methyl sites for hydroxylation is 1. The van der Waals surface area contributed by atoms with E-state index in [1.54, 1.807) is 0 Å². The molecule has 0 atom stereocenters. The molecule has 0 aliphatic carbocycles. The molecular formula is C20H25N. The second-order valence-electron chi connectivity index (χ2n) is 4.99. The van der Waals surface area contributed by atoms with Gasteiger partial charge in [-0.25, -0.2) is 0 Å². The van der Waals surface area contributed by atoms with Crippen LogP contribution in [-0.2, 0) is 0 Å². The molecule has 2 aromatic carbocycles. The van der Waals surface area contributed by atoms with Gasteiger partial charge < -0.3 is 5.41 Å². The number of allylic oxidation sites excluding steroid dienone is 2. The Balaban J connectivity index is 0.000000240. The molecule has 0 aliphatic heterocycles. The summed E-state index contributed by atoms with van der Waals surface area (Å²) in [5.74, 6) is 0. The van der Waals surface area contributed by atoms with Crippen molar-refractivity contribution in [3.8, 4) is 11.1 Å². The van der Waals surface area contributed by atoms with E-state index in [1.165, 1.54) is 22.9 Å². The third kappa shape index (κ3) is 6.22. The molecule has 1 N–H and O–H groups in total. The average molecular weight is 279 g/mol. The molecule has 0 aliphatic rings. The molecule has 2 aromatic rings. The van der Waals surface area contributed by atoms with Crippen molar-refractivity contribution >= 4 is 6.21 Å². The molecule has 1 nitrogen and oxygen atoms in total. The van der Waals surface area contributed by atoms with Crippen LogP contribution in [-0.4, -0.2) is 6.21 Å². The van der Waals surface area contributed by atoms with Crippen LogP contribution in [0.25, 0.3) is 11.1 Å². The summed E-state index contributed by atoms with van der Waals surface area (Å²) >= 11 is 0. The van der Waals surface area contributed by atoms with Crippen molar-refractivity contribution in [1.29, 1.82) is 5.41 Å². The number of hydrogen-bond donors (Lipinski definition) is 1. The van der Waals surface area contributed by atoms with Gasteiger partial charge in [-0.1, -0.05) is 79.6 Å². The van der Waals surface area contributed by atoms with E-state index < -0.39 is 0 Å². The van der Waals surface area contributed by atoms with E-state index >= 15 is 0 Å². The molecule has 0 spiro atoms. The Hall–Kier alpha value is -2.15. The van der Waals surface area contributed by atoms with Gasteiger partial charge in [0.15, 0.2) is 0 Å². The fourth-order valence-corrected chi connectivity index (χ4v) is 2.04. The Bertz CT molecular complexity index is 567. The Kier molecular flexibility index (Phi) is 7.81. The summed E-state index contributed by atoms with van der Waals surface area (Å²) in [5.41, 5.74) is 5.01. The minimum atomic E-state index is 1.04. The van der Waals surface area contributed by atoms with Gasteiger partial charge in [-0.15, -0.1) is 0 Å². The first-order valence-electron chi connectivity index (χ1n) is 7.49. The third-order valence-corrected chi connectivity index (χ3v) is 3.22. The van der Waals surface area contributed by atoms with Crippen molar-refractivity contribution in [3.05, 3.63) is 71.8 Å². The van der Waals surface area contributed by atoms with Crippen molar-refractivity contribution in [2.75, 3.05) is 0 Å². The molecule has 0 saturated heterocycles. The van der Waals surface area contributed by atoms with Crippen LogP contribution >= 0.6 is 0 Å². The van der Waals surface area contributed by atoms with E-state index in [1.807, 2.05) is 19.1 Å². The van der Waals surface area contributed by atoms with Gasteiger partial charge in [-0.3, -0.25) is 0 Å². The smallest absolute Gasteiger partial charge is 0.0206 e. The van der Waals surface area contributed by atoms with Gasteiger partial charge in [0.05, 0.1) is 0 Å². The summed E-state index contributed by atoms with van der Waals surface area (Å²) in [6.07, 6.45) is 5.58. The lowest BCUT2D eigenvalue weighted by Gasteiger charge is -2.01. The molecular weight excluding hydrogens is 254 g/mol. The third-order valence-electron chi connectivity index (χ3n) is 3.22. The van der Waals surface area contributed by atoms with Crippen LogP contribution < -0.4 is 0 Å². The summed E-state index contributed by atoms with van der Waals surface area (Å²) in [5, 5.41) is 6.87. The fourth-order valence-electron chi connectivity index (χ4n) is 2.04. The molecule has 110 valence electrons. The van der Waals surface area contributed by atoms with Gasteiger partial charge in [-0.2, -0.15) is 0 Å². The van der Waals surface area contributed by atoms with Crippen LogP contribution in [0.3, 0.4) is 0 Å². The molecule has 21 heavy (non-hydrogen) atoms. The fraction of sp³-hybridized carbons (Fsp3) is 0.250. The highest BCUT2D eigenvalue weighted by Gasteiger charge is 1.94. The van der Waals surface area contributed by atoms with Crippen molar-refractivity contribution < 1.29 is 0 Å². The maximum Gasteiger partial charge on any atom is 0.0206 e. The summed E-state index contributed by atoms with van der Waals surface area (Å²) in [4.78, 5) is 0. The topological polar surface area (TPSA) is 23.9 Å². The van der Waals surface area contributed by atoms with E-state index in [2.05, 4.69) is 62.4 Å². The summed E-state index contributed by atoms with van der Waals surface area (Å²) < 4.78 is 0. The van der Waals surface area contributed by atoms with Crippen molar-refractivity contribution in [2.24, 2.45) is 0 Å². The maximum absolute atomic E-state index is 6.87. The standard InChI is InChI=1S/C13H12.C7H13N/c1-11-6-5-9-13(10-11)12-7-3-2-4-8-12;1-3-5-7(4-2)6-8/h2-10H,1H3;4,6,8H,3,5H2,1-2H3/b;7-4-,8-6?. The first kappa shape index (κ1) is 16.9. The lowest BCUT2D eigenvalue weighted by Crippen LogP contribution is -1.80. The summed E-state index contributed by atoms with van der Waals surface area (Å²) in [6, 6.07) is 19.0. The zero-order valence-electron chi connectivity index (χ0n) is 13.3. The van der Waals surface area contributed by atoms with Gasteiger partial charge in [0.25, 0.3) is 0 Å². The zero-order chi connectivity index (χ0) is 15.5. The Morgan fingerprint density at radius 3 is 2.14 bits per heavy atom. The largest absolute Gasteiger partial charge is 0.308 e. The minimum absolute atomic E-state index is 1.04. The SMILES string of the molecule is C/C=C(\C=N)CCC.Cc1cccc(-c2ccccc2)c1. The molecule has 0 heterocycles. The second-order valence-corrected chi connectivity index (χ2v) is 4.99. The van der Waals surface area contributed by atoms with E-state index in [0.29, 0.717) is 0 Å². The van der Waals surface area contributed by atoms with Crippen LogP contribution in [0.4, 0.5) is 0 Å². The second kappa shape index (κ2) is 9.71. The molecule has 2 rings (SSSR count). The van der Waals surface area contributed by atoms with Gasteiger partial charge in [0, 0.05) is 6.21 Å². The average Bonchev–Trinajstić information content (AvgIpc) is 2.54. The monoisotopic (exact) mass is 279 g/mol. The predicted octanol–water partition coefficient (Wildman–Crippen LogP) is 6.04. The van der Waals surface area contributed by atoms with Gasteiger partial charge in [0.2, 0.25) is 0 Å². The molecule has 0 amide bonds. The molecule has 0 radical (unpaired) electrons. The van der Waals surface area contributed by atoms with Crippen LogP contribution in [0.1, 0.15) is 32.3 Å². The quantitative estimate of drug-likeness (QED) is 0.659. The first-order valence-corrected chi connectivity index (χ1v) is 7.49. The lowest BCUT2D eigenvalue weighted by molar-refractivity contribution is 0.936. The number of nitrogens with one attached hydrogen (secondary N) is 1. The summed E-state index contributed by atoms with van der Waals surface area (Å²) in [7, 11) is 0. The molecule has 0 unspecified atom stereocenters. The van der Waals surface area contributed by atoms with Crippen molar-refractivity contribution in [1.82, 2.24) is 0 Å². The van der Waals surface area contributed by atoms with E-state index in [9.17, 15) is 0 Å². The number of benzene rings is 2. The zero-order valence-corrected chi connectivity index (χ0v) is 13.3. The van der Waals surface area contributed by atoms with Crippen LogP contribution in [0.5, 0.6) is 0 Å². The Morgan fingerprint density at radius 2 is 1.67 bits per heavy atom. The van der Waals surface area contributed by atoms with Crippen LogP contribution in [0, 0.1) is 12.3 Å². The maximum atomic E-state index is 6.87. The highest BCUT2D eigenvalue weighted by atomic mass is 14.3. The van der Waals surface area contributed by atoms with Crippen molar-refractivity contribution in [3.63, 3.8) is 0 Å². The van der Waals surface area contributed by atoms with Crippen molar-refractivity contribution in [2.45, 2.75) is 33.6 Å². The highest BCUT2D eigenvalue weighted by Crippen LogP contribution is 2.19. The summed E-state index contributed by atoms with van der Waals surface area (Å²) in [6.45, 7) is 6.20. The molecule has 0 fully saturated rings. The molecule has 1 heteroatoms. The normalized spacial score (nSPS) is 10.5. The van der Waals surface area contributed by atoms with Crippen LogP contribution in [0.15, 0.2) is 66.2 Å². The van der Waals surface area contributed by atoms with E-state index in [4.69, 9.17) is 5.41 Å². The van der Waals surface area contributed by atoms with Gasteiger partial charge in [-0.05, 0) is 37.0 Å². The van der Waals surface area contributed by atoms with Crippen LogP contribution in [0.2, 0.25) is 0 Å². The number of hydrogen-bond acceptors (Lipinski definition) is 1. The first-order chi connectivity index (χ1) is 10.2. The Labute approximate surface area is 128 Å². The predicted molar refractivity (Wildman–Crippen MR) is 94.1 cm³/mol. The number of rotatable bonds is 4. The minimum Gasteiger partial charge on any atom is -0.308 e. The van der Waals surface area contributed by atoms with E-state index in [0.717, 1.165) is 18.4 Å². The highest BCUT2D eigenvalue weighted by molar-refractivity contribution is 5.75. The van der Waals surface area contributed by atoms with E-state index in [-0.39, 0.29) is 0 Å². The molecule has 0 saturated carbocycles. The molecule has 0 bridgehead atoms. The van der Waals surface area contributed by atoms with Gasteiger partial charge in [0.1, 0.15) is 0 Å². The Morgan fingerprint density at radius 1 is 1.00 bits per heavy atom. The van der Waals surface area contributed by atoms with Gasteiger partial charge >= 0.3 is 0 Å².